The van der Waals surface area contributed by atoms with Gasteiger partial charge >= 0.3 is 0 Å². The van der Waals surface area contributed by atoms with Gasteiger partial charge in [-0.2, -0.15) is 0 Å². The number of benzene rings is 1. The molecular formula is C24H27N7O5S2. The van der Waals surface area contributed by atoms with Gasteiger partial charge in [0.25, 0.3) is 5.91 Å². The molecule has 1 saturated heterocycles. The van der Waals surface area contributed by atoms with Crippen LogP contribution in [0, 0.1) is 6.92 Å². The summed E-state index contributed by atoms with van der Waals surface area (Å²) in [4.78, 5) is 38.9. The molecule has 4 heterocycles. The summed E-state index contributed by atoms with van der Waals surface area (Å²) in [5.41, 5.74) is 1.39. The predicted molar refractivity (Wildman–Crippen MR) is 142 cm³/mol. The molecule has 2 aliphatic rings. The van der Waals surface area contributed by atoms with Crippen LogP contribution >= 0.6 is 11.3 Å². The van der Waals surface area contributed by atoms with Gasteiger partial charge in [0.15, 0.2) is 5.13 Å². The van der Waals surface area contributed by atoms with E-state index in [1.165, 1.54) is 24.5 Å². The largest absolute Gasteiger partial charge is 0.395 e. The number of rotatable bonds is 8. The van der Waals surface area contributed by atoms with Crippen molar-refractivity contribution in [3.8, 4) is 0 Å². The third kappa shape index (κ3) is 4.88. The predicted octanol–water partition coefficient (Wildman–Crippen LogP) is 0.972. The first kappa shape index (κ1) is 26.2. The van der Waals surface area contributed by atoms with Crippen molar-refractivity contribution in [3.63, 3.8) is 0 Å². The number of carbonyl (C=O) groups excluding carboxylic acids is 2. The van der Waals surface area contributed by atoms with Crippen LogP contribution in [0.3, 0.4) is 0 Å². The van der Waals surface area contributed by atoms with Crippen LogP contribution in [0.5, 0.6) is 0 Å². The maximum Gasteiger partial charge on any atom is 0.253 e. The van der Waals surface area contributed by atoms with Crippen LogP contribution in [-0.2, 0) is 14.8 Å². The number of fused-ring (bicyclic) bond motifs is 1. The first-order valence-electron chi connectivity index (χ1n) is 11.9. The Morgan fingerprint density at radius 3 is 2.68 bits per heavy atom. The molecule has 200 valence electrons. The number of aliphatic hydroxyl groups excluding tert-OH is 1. The van der Waals surface area contributed by atoms with Gasteiger partial charge in [-0.1, -0.05) is 29.5 Å². The summed E-state index contributed by atoms with van der Waals surface area (Å²) in [5.74, 6) is 0.482. The second-order valence-electron chi connectivity index (χ2n) is 8.85. The van der Waals surface area contributed by atoms with Crippen LogP contribution < -0.4 is 20.3 Å². The van der Waals surface area contributed by atoms with E-state index in [2.05, 4.69) is 25.3 Å². The zero-order chi connectivity index (χ0) is 27.0. The number of anilines is 3. The normalized spacial score (nSPS) is 18.0. The van der Waals surface area contributed by atoms with Gasteiger partial charge in [0, 0.05) is 19.6 Å². The van der Waals surface area contributed by atoms with Crippen molar-refractivity contribution < 1.29 is 23.1 Å². The number of pyridine rings is 1. The third-order valence-corrected chi connectivity index (χ3v) is 9.08. The monoisotopic (exact) mass is 557 g/mol. The lowest BCUT2D eigenvalue weighted by Gasteiger charge is -2.33. The zero-order valence-electron chi connectivity index (χ0n) is 20.8. The number of thiazole rings is 1. The fourth-order valence-electron chi connectivity index (χ4n) is 4.63. The summed E-state index contributed by atoms with van der Waals surface area (Å²) >= 11 is 1.33. The van der Waals surface area contributed by atoms with Crippen molar-refractivity contribution in [1.29, 1.82) is 0 Å². The molecular weight excluding hydrogens is 530 g/mol. The van der Waals surface area contributed by atoms with Crippen molar-refractivity contribution in [2.75, 3.05) is 50.1 Å². The number of hydrogen-bond acceptors (Lipinski definition) is 10. The van der Waals surface area contributed by atoms with E-state index in [-0.39, 0.29) is 29.5 Å². The van der Waals surface area contributed by atoms with Gasteiger partial charge in [-0.15, -0.1) is 0 Å². The van der Waals surface area contributed by atoms with Crippen molar-refractivity contribution in [3.05, 3.63) is 58.1 Å². The van der Waals surface area contributed by atoms with E-state index in [0.29, 0.717) is 47.7 Å². The molecule has 1 unspecified atom stereocenters. The minimum absolute atomic E-state index is 0.00644. The second-order valence-corrected chi connectivity index (χ2v) is 11.7. The lowest BCUT2D eigenvalue weighted by atomic mass is 10.0. The van der Waals surface area contributed by atoms with Crippen LogP contribution in [0.1, 0.15) is 32.5 Å². The SMILES string of the molecule is CNS(=O)(=O)c1cccc2c1C(=O)NC2c1sc(Nc2cccc(N3CCN(CCO)CC3=O)n2)nc1C. The number of nitrogens with zero attached hydrogens (tertiary/aromatic N) is 4. The number of aromatic nitrogens is 2. The lowest BCUT2D eigenvalue weighted by Crippen LogP contribution is -2.51. The topological polar surface area (TPSA) is 157 Å². The number of sulfonamides is 1. The molecule has 3 aromatic rings. The van der Waals surface area contributed by atoms with Crippen molar-refractivity contribution in [1.82, 2.24) is 24.9 Å². The van der Waals surface area contributed by atoms with Crippen LogP contribution in [0.15, 0.2) is 41.3 Å². The fourth-order valence-corrected chi connectivity index (χ4v) is 6.63. The zero-order valence-corrected chi connectivity index (χ0v) is 22.4. The summed E-state index contributed by atoms with van der Waals surface area (Å²) in [6.07, 6.45) is 0. The Kier molecular flexibility index (Phi) is 7.15. The summed E-state index contributed by atoms with van der Waals surface area (Å²) in [6, 6.07) is 9.57. The van der Waals surface area contributed by atoms with Gasteiger partial charge in [0.05, 0.1) is 40.2 Å². The average molecular weight is 558 g/mol. The molecule has 5 rings (SSSR count). The van der Waals surface area contributed by atoms with Crippen LogP contribution in [-0.4, -0.2) is 80.0 Å². The smallest absolute Gasteiger partial charge is 0.253 e. The highest BCUT2D eigenvalue weighted by Crippen LogP contribution is 2.39. The molecule has 0 spiro atoms. The molecule has 14 heteroatoms. The van der Waals surface area contributed by atoms with Gasteiger partial charge in [-0.3, -0.25) is 19.4 Å². The second kappa shape index (κ2) is 10.4. The number of aliphatic hydroxyl groups is 1. The first-order valence-corrected chi connectivity index (χ1v) is 14.2. The summed E-state index contributed by atoms with van der Waals surface area (Å²) in [6.45, 7) is 3.63. The molecule has 1 aromatic carbocycles. The van der Waals surface area contributed by atoms with E-state index in [4.69, 9.17) is 5.11 Å². The molecule has 12 nitrogen and oxygen atoms in total. The van der Waals surface area contributed by atoms with Crippen molar-refractivity contribution >= 4 is 49.9 Å². The minimum Gasteiger partial charge on any atom is -0.395 e. The highest BCUT2D eigenvalue weighted by molar-refractivity contribution is 7.89. The molecule has 0 aliphatic carbocycles. The van der Waals surface area contributed by atoms with E-state index in [1.54, 1.807) is 35.2 Å². The van der Waals surface area contributed by atoms with Gasteiger partial charge in [-0.05, 0) is 37.7 Å². The maximum atomic E-state index is 12.8. The van der Waals surface area contributed by atoms with Gasteiger partial charge in [-0.25, -0.2) is 23.1 Å². The van der Waals surface area contributed by atoms with E-state index >= 15 is 0 Å². The molecule has 2 aromatic heterocycles. The molecule has 2 aliphatic heterocycles. The number of amides is 2. The average Bonchev–Trinajstić information content (AvgIpc) is 3.43. The van der Waals surface area contributed by atoms with Crippen LogP contribution in [0.2, 0.25) is 0 Å². The Balaban J connectivity index is 1.38. The maximum absolute atomic E-state index is 12.8. The van der Waals surface area contributed by atoms with Crippen molar-refractivity contribution in [2.45, 2.75) is 17.9 Å². The number of nitrogens with one attached hydrogen (secondary N) is 3. The van der Waals surface area contributed by atoms with Gasteiger partial charge in [0.1, 0.15) is 11.6 Å². The fraction of sp³-hybridized carbons (Fsp3) is 0.333. The Bertz CT molecular complexity index is 1510. The van der Waals surface area contributed by atoms with Crippen molar-refractivity contribution in [2.24, 2.45) is 0 Å². The molecule has 4 N–H and O–H groups in total. The molecule has 1 atom stereocenters. The molecule has 38 heavy (non-hydrogen) atoms. The molecule has 0 saturated carbocycles. The van der Waals surface area contributed by atoms with E-state index in [0.717, 1.165) is 4.88 Å². The van der Waals surface area contributed by atoms with Gasteiger partial charge < -0.3 is 15.7 Å². The first-order chi connectivity index (χ1) is 18.2. The Morgan fingerprint density at radius 1 is 1.16 bits per heavy atom. The van der Waals surface area contributed by atoms with E-state index in [1.807, 2.05) is 11.8 Å². The van der Waals surface area contributed by atoms with Gasteiger partial charge in [0.2, 0.25) is 15.9 Å². The molecule has 0 bridgehead atoms. The quantitative estimate of drug-likeness (QED) is 0.317. The van der Waals surface area contributed by atoms with Crippen LogP contribution in [0.25, 0.3) is 0 Å². The third-order valence-electron chi connectivity index (χ3n) is 6.49. The minimum atomic E-state index is -3.82. The Labute approximate surface area is 223 Å². The highest BCUT2D eigenvalue weighted by atomic mass is 32.2. The number of piperazine rings is 1. The standard InChI is InChI=1S/C24H27N7O5S2/c1-14-22(21-15-5-3-6-16(38(35,36)25-2)20(15)23(34)29-21)37-24(26-14)28-17-7-4-8-18(27-17)31-10-9-30(11-12-32)13-19(31)33/h3-8,21,25,32H,9-13H2,1-2H3,(H,29,34)(H,26,27,28). The summed E-state index contributed by atoms with van der Waals surface area (Å²) < 4.78 is 27.2. The number of aryl methyl sites for hydroxylation is 1. The summed E-state index contributed by atoms with van der Waals surface area (Å²) in [5, 5.41) is 15.8. The molecule has 1 fully saturated rings. The Morgan fingerprint density at radius 2 is 1.95 bits per heavy atom. The summed E-state index contributed by atoms with van der Waals surface area (Å²) in [7, 11) is -2.51. The van der Waals surface area contributed by atoms with E-state index < -0.39 is 22.0 Å². The molecule has 2 amide bonds. The number of hydrogen-bond donors (Lipinski definition) is 4. The number of β-amino-alcohol motifs (C(OH)–C–C–N with tert-alkyl or cyclic N) is 1. The lowest BCUT2D eigenvalue weighted by molar-refractivity contribution is -0.121. The molecule has 0 radical (unpaired) electrons. The van der Waals surface area contributed by atoms with E-state index in [9.17, 15) is 18.0 Å². The number of carbonyl (C=O) groups is 2. The van der Waals surface area contributed by atoms with Crippen LogP contribution in [0.4, 0.5) is 16.8 Å². The highest BCUT2D eigenvalue weighted by Gasteiger charge is 2.37. The Hall–Kier alpha value is -3.43.